The van der Waals surface area contributed by atoms with Gasteiger partial charge in [0.25, 0.3) is 5.91 Å². The van der Waals surface area contributed by atoms with Crippen LogP contribution in [0, 0.1) is 11.6 Å². The SMILES string of the molecule is CC(=O)Oc1c(F)cc(/C=C2\N=C(C)N(C)C2=O)cc1F. The molecule has 110 valence electrons. The summed E-state index contributed by atoms with van der Waals surface area (Å²) in [6.45, 7) is 2.68. The molecule has 0 bridgehead atoms. The van der Waals surface area contributed by atoms with E-state index in [-0.39, 0.29) is 17.2 Å². The quantitative estimate of drug-likeness (QED) is 0.477. The van der Waals surface area contributed by atoms with Crippen LogP contribution in [0.3, 0.4) is 0 Å². The Labute approximate surface area is 119 Å². The summed E-state index contributed by atoms with van der Waals surface area (Å²) in [5, 5.41) is 0. The normalized spacial score (nSPS) is 16.4. The van der Waals surface area contributed by atoms with E-state index in [2.05, 4.69) is 9.73 Å². The molecule has 0 unspecified atom stereocenters. The first-order valence-corrected chi connectivity index (χ1v) is 6.02. The summed E-state index contributed by atoms with van der Waals surface area (Å²) < 4.78 is 31.9. The van der Waals surface area contributed by atoms with E-state index >= 15 is 0 Å². The zero-order chi connectivity index (χ0) is 15.7. The number of ether oxygens (including phenoxy) is 1. The Morgan fingerprint density at radius 3 is 2.33 bits per heavy atom. The van der Waals surface area contributed by atoms with Crippen molar-refractivity contribution in [3.8, 4) is 5.75 Å². The molecule has 1 aliphatic rings. The van der Waals surface area contributed by atoms with Crippen LogP contribution in [0.2, 0.25) is 0 Å². The molecule has 1 heterocycles. The van der Waals surface area contributed by atoms with Gasteiger partial charge in [-0.1, -0.05) is 0 Å². The lowest BCUT2D eigenvalue weighted by molar-refractivity contribution is -0.132. The second kappa shape index (κ2) is 5.43. The summed E-state index contributed by atoms with van der Waals surface area (Å²) >= 11 is 0. The topological polar surface area (TPSA) is 59.0 Å². The number of hydrogen-bond donors (Lipinski definition) is 0. The first-order chi connectivity index (χ1) is 9.79. The number of amidine groups is 1. The van der Waals surface area contributed by atoms with Crippen LogP contribution in [0.4, 0.5) is 8.78 Å². The number of esters is 1. The Kier molecular flexibility index (Phi) is 3.84. The Morgan fingerprint density at radius 1 is 1.33 bits per heavy atom. The van der Waals surface area contributed by atoms with Gasteiger partial charge in [0.1, 0.15) is 11.5 Å². The molecule has 21 heavy (non-hydrogen) atoms. The van der Waals surface area contributed by atoms with Gasteiger partial charge in [0.15, 0.2) is 11.6 Å². The number of benzene rings is 1. The van der Waals surface area contributed by atoms with Gasteiger partial charge in [-0.3, -0.25) is 14.5 Å². The number of hydrogen-bond acceptors (Lipinski definition) is 4. The fraction of sp³-hybridized carbons (Fsp3) is 0.214. The number of nitrogens with zero attached hydrogens (tertiary/aromatic N) is 2. The van der Waals surface area contributed by atoms with Crippen molar-refractivity contribution in [3.63, 3.8) is 0 Å². The molecule has 0 fully saturated rings. The average Bonchev–Trinajstić information content (AvgIpc) is 2.61. The monoisotopic (exact) mass is 294 g/mol. The van der Waals surface area contributed by atoms with Gasteiger partial charge in [-0.25, -0.2) is 13.8 Å². The molecule has 0 N–H and O–H groups in total. The van der Waals surface area contributed by atoms with Crippen LogP contribution in [-0.4, -0.2) is 29.7 Å². The highest BCUT2D eigenvalue weighted by Crippen LogP contribution is 2.25. The molecule has 1 aromatic carbocycles. The number of likely N-dealkylation sites (N-methyl/N-ethyl adjacent to an activating group) is 1. The smallest absolute Gasteiger partial charge is 0.308 e. The van der Waals surface area contributed by atoms with Crippen LogP contribution in [-0.2, 0) is 9.59 Å². The van der Waals surface area contributed by atoms with Crippen molar-refractivity contribution >= 4 is 23.8 Å². The zero-order valence-corrected chi connectivity index (χ0v) is 11.6. The highest BCUT2D eigenvalue weighted by molar-refractivity contribution is 6.13. The number of amides is 1. The van der Waals surface area contributed by atoms with Crippen LogP contribution < -0.4 is 4.74 Å². The second-order valence-electron chi connectivity index (χ2n) is 4.46. The maximum atomic E-state index is 13.7. The van der Waals surface area contributed by atoms with E-state index in [4.69, 9.17) is 0 Å². The molecule has 5 nitrogen and oxygen atoms in total. The Morgan fingerprint density at radius 2 is 1.90 bits per heavy atom. The third-order valence-corrected chi connectivity index (χ3v) is 2.86. The van der Waals surface area contributed by atoms with Gasteiger partial charge >= 0.3 is 5.97 Å². The molecule has 0 aliphatic carbocycles. The molecule has 1 aliphatic heterocycles. The van der Waals surface area contributed by atoms with Crippen molar-refractivity contribution in [1.82, 2.24) is 4.90 Å². The zero-order valence-electron chi connectivity index (χ0n) is 11.6. The predicted octanol–water partition coefficient (Wildman–Crippen LogP) is 2.12. The van der Waals surface area contributed by atoms with Gasteiger partial charge in [-0.2, -0.15) is 0 Å². The lowest BCUT2D eigenvalue weighted by Gasteiger charge is -2.07. The van der Waals surface area contributed by atoms with Gasteiger partial charge in [0.05, 0.1) is 0 Å². The lowest BCUT2D eigenvalue weighted by atomic mass is 10.1. The van der Waals surface area contributed by atoms with E-state index in [1.54, 1.807) is 14.0 Å². The molecular formula is C14H12F2N2O3. The first-order valence-electron chi connectivity index (χ1n) is 6.02. The Balaban J connectivity index is 2.39. The Hall–Kier alpha value is -2.57. The maximum Gasteiger partial charge on any atom is 0.308 e. The van der Waals surface area contributed by atoms with E-state index in [0.717, 1.165) is 19.1 Å². The molecule has 1 amide bonds. The van der Waals surface area contributed by atoms with Crippen molar-refractivity contribution in [1.29, 1.82) is 0 Å². The van der Waals surface area contributed by atoms with Crippen LogP contribution in [0.15, 0.2) is 22.8 Å². The summed E-state index contributed by atoms with van der Waals surface area (Å²) in [5.74, 6) is -3.53. The summed E-state index contributed by atoms with van der Waals surface area (Å²) in [7, 11) is 1.55. The third kappa shape index (κ3) is 2.96. The van der Waals surface area contributed by atoms with Crippen molar-refractivity contribution in [2.45, 2.75) is 13.8 Å². The van der Waals surface area contributed by atoms with Gasteiger partial charge in [-0.15, -0.1) is 0 Å². The summed E-state index contributed by atoms with van der Waals surface area (Å²) in [6.07, 6.45) is 1.26. The summed E-state index contributed by atoms with van der Waals surface area (Å²) in [5.41, 5.74) is 0.185. The molecule has 2 rings (SSSR count). The number of rotatable bonds is 2. The number of aliphatic imine (C=N–C) groups is 1. The third-order valence-electron chi connectivity index (χ3n) is 2.86. The highest BCUT2D eigenvalue weighted by atomic mass is 19.1. The van der Waals surface area contributed by atoms with E-state index in [1.165, 1.54) is 11.0 Å². The minimum Gasteiger partial charge on any atom is -0.420 e. The summed E-state index contributed by atoms with van der Waals surface area (Å²) in [4.78, 5) is 27.9. The Bertz CT molecular complexity index is 672. The van der Waals surface area contributed by atoms with E-state index in [9.17, 15) is 18.4 Å². The minimum absolute atomic E-state index is 0.0778. The van der Waals surface area contributed by atoms with E-state index in [0.29, 0.717) is 5.84 Å². The number of carbonyl (C=O) groups is 2. The standard InChI is InChI=1S/C14H12F2N2O3/c1-7-17-12(14(20)18(7)3)6-9-4-10(15)13(11(16)5-9)21-8(2)19/h4-6H,1-3H3/b12-6-. The first kappa shape index (κ1) is 14.8. The van der Waals surface area contributed by atoms with Crippen molar-refractivity contribution in [2.24, 2.45) is 4.99 Å². The van der Waals surface area contributed by atoms with Gasteiger partial charge in [-0.05, 0) is 30.7 Å². The molecule has 0 saturated carbocycles. The van der Waals surface area contributed by atoms with E-state index in [1.807, 2.05) is 0 Å². The molecule has 0 aromatic heterocycles. The molecule has 1 aromatic rings. The lowest BCUT2D eigenvalue weighted by Crippen LogP contribution is -2.25. The van der Waals surface area contributed by atoms with Crippen LogP contribution >= 0.6 is 0 Å². The second-order valence-corrected chi connectivity index (χ2v) is 4.46. The fourth-order valence-corrected chi connectivity index (χ4v) is 1.77. The van der Waals surface area contributed by atoms with Gasteiger partial charge < -0.3 is 4.74 Å². The predicted molar refractivity (Wildman–Crippen MR) is 71.5 cm³/mol. The fourth-order valence-electron chi connectivity index (χ4n) is 1.77. The molecular weight excluding hydrogens is 282 g/mol. The molecule has 0 atom stereocenters. The van der Waals surface area contributed by atoms with E-state index < -0.39 is 23.4 Å². The molecule has 0 spiro atoms. The van der Waals surface area contributed by atoms with Crippen LogP contribution in [0.25, 0.3) is 6.08 Å². The molecule has 0 radical (unpaired) electrons. The molecule has 0 saturated heterocycles. The average molecular weight is 294 g/mol. The molecule has 7 heteroatoms. The summed E-state index contributed by atoms with van der Waals surface area (Å²) in [6, 6.07) is 1.93. The van der Waals surface area contributed by atoms with Crippen molar-refractivity contribution in [3.05, 3.63) is 35.0 Å². The minimum atomic E-state index is -1.03. The van der Waals surface area contributed by atoms with Crippen molar-refractivity contribution in [2.75, 3.05) is 7.05 Å². The van der Waals surface area contributed by atoms with Crippen LogP contribution in [0.1, 0.15) is 19.4 Å². The van der Waals surface area contributed by atoms with Crippen LogP contribution in [0.5, 0.6) is 5.75 Å². The largest absolute Gasteiger partial charge is 0.420 e. The maximum absolute atomic E-state index is 13.7. The number of halogens is 2. The van der Waals surface area contributed by atoms with Crippen molar-refractivity contribution < 1.29 is 23.1 Å². The van der Waals surface area contributed by atoms with Gasteiger partial charge in [0, 0.05) is 14.0 Å². The van der Waals surface area contributed by atoms with Gasteiger partial charge in [0.2, 0.25) is 5.75 Å². The highest BCUT2D eigenvalue weighted by Gasteiger charge is 2.24. The number of carbonyl (C=O) groups excluding carboxylic acids is 2.